The fourth-order valence-electron chi connectivity index (χ4n) is 3.93. The number of methoxy groups -OCH3 is 1. The molecule has 2 aliphatic rings. The Hall–Kier alpha value is -1.13. The summed E-state index contributed by atoms with van der Waals surface area (Å²) in [6.07, 6.45) is 4.97. The number of piperidine rings is 1. The van der Waals surface area contributed by atoms with E-state index >= 15 is 0 Å². The zero-order valence-corrected chi connectivity index (χ0v) is 12.9. The molecule has 0 amide bonds. The van der Waals surface area contributed by atoms with E-state index in [0.717, 1.165) is 12.5 Å². The van der Waals surface area contributed by atoms with Crippen molar-refractivity contribution in [2.75, 3.05) is 20.2 Å². The van der Waals surface area contributed by atoms with Gasteiger partial charge in [0.15, 0.2) is 0 Å². The lowest BCUT2D eigenvalue weighted by molar-refractivity contribution is 0.161. The van der Waals surface area contributed by atoms with Crippen LogP contribution in [0.3, 0.4) is 0 Å². The summed E-state index contributed by atoms with van der Waals surface area (Å²) in [5, 5.41) is 3.62. The van der Waals surface area contributed by atoms with E-state index in [0.29, 0.717) is 17.4 Å². The Morgan fingerprint density at radius 1 is 1.33 bits per heavy atom. The first-order valence-corrected chi connectivity index (χ1v) is 8.01. The highest BCUT2D eigenvalue weighted by Gasteiger charge is 2.32. The summed E-state index contributed by atoms with van der Waals surface area (Å²) in [4.78, 5) is 2.60. The standard InChI is InChI=1S/C17H25FN2O/c1-12(17-15(18)6-3-7-16(17)21-2)19-13-8-10-20-9-4-5-14(20)11-13/h3,6-7,12-14,19H,4-5,8-11H2,1-2H3. The van der Waals surface area contributed by atoms with Crippen LogP contribution in [0, 0.1) is 5.82 Å². The van der Waals surface area contributed by atoms with E-state index in [1.54, 1.807) is 13.2 Å². The van der Waals surface area contributed by atoms with Gasteiger partial charge in [-0.1, -0.05) is 6.07 Å². The van der Waals surface area contributed by atoms with Crippen molar-refractivity contribution in [2.24, 2.45) is 0 Å². The molecule has 0 saturated carbocycles. The molecule has 0 aliphatic carbocycles. The van der Waals surface area contributed by atoms with Crippen LogP contribution in [-0.2, 0) is 0 Å². The molecule has 3 atom stereocenters. The highest BCUT2D eigenvalue weighted by atomic mass is 19.1. The molecule has 1 aromatic carbocycles. The Morgan fingerprint density at radius 2 is 2.19 bits per heavy atom. The third-order valence-electron chi connectivity index (χ3n) is 4.97. The van der Waals surface area contributed by atoms with Crippen LogP contribution in [0.2, 0.25) is 0 Å². The van der Waals surface area contributed by atoms with Gasteiger partial charge in [-0.3, -0.25) is 0 Å². The molecular formula is C17H25FN2O. The lowest BCUT2D eigenvalue weighted by Gasteiger charge is -2.36. The largest absolute Gasteiger partial charge is 0.496 e. The molecule has 4 heteroatoms. The van der Waals surface area contributed by atoms with Gasteiger partial charge in [0, 0.05) is 23.7 Å². The summed E-state index contributed by atoms with van der Waals surface area (Å²) in [5.41, 5.74) is 0.647. The summed E-state index contributed by atoms with van der Waals surface area (Å²) in [6.45, 7) is 4.46. The van der Waals surface area contributed by atoms with Gasteiger partial charge in [-0.25, -0.2) is 4.39 Å². The molecule has 21 heavy (non-hydrogen) atoms. The zero-order chi connectivity index (χ0) is 14.8. The Balaban J connectivity index is 1.68. The molecule has 0 radical (unpaired) electrons. The van der Waals surface area contributed by atoms with Crippen LogP contribution in [-0.4, -0.2) is 37.2 Å². The number of ether oxygens (including phenoxy) is 1. The number of hydrogen-bond donors (Lipinski definition) is 1. The van der Waals surface area contributed by atoms with Gasteiger partial charge < -0.3 is 15.0 Å². The van der Waals surface area contributed by atoms with Crippen LogP contribution in [0.1, 0.15) is 44.2 Å². The molecule has 3 nitrogen and oxygen atoms in total. The van der Waals surface area contributed by atoms with Crippen molar-refractivity contribution in [3.05, 3.63) is 29.6 Å². The lowest BCUT2D eigenvalue weighted by atomic mass is 9.95. The second kappa shape index (κ2) is 6.32. The number of halogens is 1. The maximum Gasteiger partial charge on any atom is 0.131 e. The maximum atomic E-state index is 14.1. The van der Waals surface area contributed by atoms with Crippen LogP contribution >= 0.6 is 0 Å². The monoisotopic (exact) mass is 292 g/mol. The van der Waals surface area contributed by atoms with E-state index in [4.69, 9.17) is 4.74 Å². The molecule has 2 saturated heterocycles. The minimum absolute atomic E-state index is 0.0286. The van der Waals surface area contributed by atoms with Crippen molar-refractivity contribution in [1.29, 1.82) is 0 Å². The molecule has 1 aromatic rings. The van der Waals surface area contributed by atoms with Gasteiger partial charge in [0.1, 0.15) is 11.6 Å². The smallest absolute Gasteiger partial charge is 0.131 e. The molecular weight excluding hydrogens is 267 g/mol. The first kappa shape index (κ1) is 14.8. The average molecular weight is 292 g/mol. The highest BCUT2D eigenvalue weighted by molar-refractivity contribution is 5.37. The number of fused-ring (bicyclic) bond motifs is 1. The number of rotatable bonds is 4. The average Bonchev–Trinajstić information content (AvgIpc) is 2.94. The van der Waals surface area contributed by atoms with Gasteiger partial charge in [0.05, 0.1) is 7.11 Å². The van der Waals surface area contributed by atoms with Crippen LogP contribution in [0.25, 0.3) is 0 Å². The number of nitrogens with one attached hydrogen (secondary N) is 1. The van der Waals surface area contributed by atoms with Gasteiger partial charge in [0.25, 0.3) is 0 Å². The molecule has 0 bridgehead atoms. The van der Waals surface area contributed by atoms with Gasteiger partial charge in [0.2, 0.25) is 0 Å². The van der Waals surface area contributed by atoms with E-state index < -0.39 is 0 Å². The maximum absolute atomic E-state index is 14.1. The van der Waals surface area contributed by atoms with Crippen molar-refractivity contribution in [1.82, 2.24) is 10.2 Å². The first-order chi connectivity index (χ1) is 10.2. The fourth-order valence-corrected chi connectivity index (χ4v) is 3.93. The Kier molecular flexibility index (Phi) is 4.45. The molecule has 116 valence electrons. The molecule has 2 heterocycles. The number of nitrogens with zero attached hydrogens (tertiary/aromatic N) is 1. The number of benzene rings is 1. The van der Waals surface area contributed by atoms with Crippen molar-refractivity contribution in [3.63, 3.8) is 0 Å². The van der Waals surface area contributed by atoms with Crippen molar-refractivity contribution >= 4 is 0 Å². The predicted molar refractivity (Wildman–Crippen MR) is 82.1 cm³/mol. The minimum Gasteiger partial charge on any atom is -0.496 e. The topological polar surface area (TPSA) is 24.5 Å². The van der Waals surface area contributed by atoms with Gasteiger partial charge in [-0.2, -0.15) is 0 Å². The molecule has 2 fully saturated rings. The third kappa shape index (κ3) is 3.06. The second-order valence-corrected chi connectivity index (χ2v) is 6.30. The van der Waals surface area contributed by atoms with Crippen LogP contribution in [0.15, 0.2) is 18.2 Å². The first-order valence-electron chi connectivity index (χ1n) is 8.01. The normalized spacial score (nSPS) is 27.4. The van der Waals surface area contributed by atoms with E-state index in [1.165, 1.54) is 38.4 Å². The summed E-state index contributed by atoms with van der Waals surface area (Å²) in [5.74, 6) is 0.445. The minimum atomic E-state index is -0.187. The summed E-state index contributed by atoms with van der Waals surface area (Å²) in [7, 11) is 1.60. The molecule has 0 aromatic heterocycles. The van der Waals surface area contributed by atoms with Crippen LogP contribution < -0.4 is 10.1 Å². The molecule has 3 rings (SSSR count). The van der Waals surface area contributed by atoms with Crippen molar-refractivity contribution in [3.8, 4) is 5.75 Å². The fraction of sp³-hybridized carbons (Fsp3) is 0.647. The number of hydrogen-bond acceptors (Lipinski definition) is 3. The summed E-state index contributed by atoms with van der Waals surface area (Å²) in [6, 6.07) is 6.21. The molecule has 3 unspecified atom stereocenters. The van der Waals surface area contributed by atoms with E-state index in [2.05, 4.69) is 10.2 Å². The van der Waals surface area contributed by atoms with E-state index in [-0.39, 0.29) is 11.9 Å². The summed E-state index contributed by atoms with van der Waals surface area (Å²) >= 11 is 0. The molecule has 2 aliphatic heterocycles. The molecule has 1 N–H and O–H groups in total. The lowest BCUT2D eigenvalue weighted by Crippen LogP contribution is -2.46. The quantitative estimate of drug-likeness (QED) is 0.923. The Labute approximate surface area is 126 Å². The zero-order valence-electron chi connectivity index (χ0n) is 12.9. The second-order valence-electron chi connectivity index (χ2n) is 6.30. The Morgan fingerprint density at radius 3 is 3.00 bits per heavy atom. The SMILES string of the molecule is COc1cccc(F)c1C(C)NC1CCN2CCCC2C1. The summed E-state index contributed by atoms with van der Waals surface area (Å²) < 4.78 is 19.4. The predicted octanol–water partition coefficient (Wildman–Crippen LogP) is 3.11. The molecule has 0 spiro atoms. The highest BCUT2D eigenvalue weighted by Crippen LogP contribution is 2.31. The van der Waals surface area contributed by atoms with Gasteiger partial charge in [-0.15, -0.1) is 0 Å². The van der Waals surface area contributed by atoms with Crippen LogP contribution in [0.4, 0.5) is 4.39 Å². The van der Waals surface area contributed by atoms with E-state index in [1.807, 2.05) is 13.0 Å². The van der Waals surface area contributed by atoms with Gasteiger partial charge in [-0.05, 0) is 57.8 Å². The third-order valence-corrected chi connectivity index (χ3v) is 4.97. The van der Waals surface area contributed by atoms with Gasteiger partial charge >= 0.3 is 0 Å². The Bertz CT molecular complexity index is 494. The van der Waals surface area contributed by atoms with Crippen molar-refractivity contribution in [2.45, 2.75) is 50.7 Å². The van der Waals surface area contributed by atoms with Crippen molar-refractivity contribution < 1.29 is 9.13 Å². The van der Waals surface area contributed by atoms with Crippen LogP contribution in [0.5, 0.6) is 5.75 Å². The van der Waals surface area contributed by atoms with E-state index in [9.17, 15) is 4.39 Å².